The first-order valence-corrected chi connectivity index (χ1v) is 8.57. The third kappa shape index (κ3) is 5.43. The minimum atomic E-state index is 0.218. The largest absolute Gasteiger partial charge is 0.357 e. The van der Waals surface area contributed by atoms with Gasteiger partial charge in [-0.15, -0.1) is 0 Å². The van der Waals surface area contributed by atoms with E-state index >= 15 is 0 Å². The second-order valence-electron chi connectivity index (χ2n) is 5.65. The smallest absolute Gasteiger partial charge is 0.222 e. The Bertz CT molecular complexity index is 561. The van der Waals surface area contributed by atoms with Crippen LogP contribution in [0, 0.1) is 0 Å². The second-order valence-corrected chi connectivity index (χ2v) is 6.08. The fourth-order valence-electron chi connectivity index (χ4n) is 2.65. The van der Waals surface area contributed by atoms with E-state index in [1.165, 1.54) is 0 Å². The molecule has 2 N–H and O–H groups in total. The number of hydrogen-bond acceptors (Lipinski definition) is 2. The van der Waals surface area contributed by atoms with Gasteiger partial charge in [0, 0.05) is 37.1 Å². The number of carbonyl (C=O) groups excluding carboxylic acids is 1. The molecule has 1 atom stereocenters. The van der Waals surface area contributed by atoms with Crippen LogP contribution in [-0.4, -0.2) is 42.4 Å². The van der Waals surface area contributed by atoms with Gasteiger partial charge in [-0.2, -0.15) is 0 Å². The van der Waals surface area contributed by atoms with Crippen LogP contribution < -0.4 is 10.6 Å². The summed E-state index contributed by atoms with van der Waals surface area (Å²) in [5, 5.41) is 7.40. The van der Waals surface area contributed by atoms with E-state index in [1.54, 1.807) is 0 Å². The molecule has 0 aliphatic carbocycles. The Labute approximate surface area is 143 Å². The Balaban J connectivity index is 1.93. The zero-order valence-corrected chi connectivity index (χ0v) is 14.6. The van der Waals surface area contributed by atoms with Gasteiger partial charge in [-0.05, 0) is 31.0 Å². The quantitative estimate of drug-likeness (QED) is 0.641. The molecule has 2 rings (SSSR count). The molecule has 1 fully saturated rings. The van der Waals surface area contributed by atoms with E-state index in [2.05, 4.69) is 15.6 Å². The minimum absolute atomic E-state index is 0.218. The van der Waals surface area contributed by atoms with E-state index in [0.29, 0.717) is 13.0 Å². The third-order valence-corrected chi connectivity index (χ3v) is 4.07. The highest BCUT2D eigenvalue weighted by Crippen LogP contribution is 2.12. The standard InChI is InChI=1S/C17H25ClN4O/c1-3-16(23)22-9-8-15(12-22)21-17(19-4-2)20-11-13-6-5-7-14(18)10-13/h5-7,10,15H,3-4,8-9,11-12H2,1-2H3,(H2,19,20,21). The number of halogens is 1. The lowest BCUT2D eigenvalue weighted by atomic mass is 10.2. The van der Waals surface area contributed by atoms with Crippen molar-refractivity contribution in [1.82, 2.24) is 15.5 Å². The van der Waals surface area contributed by atoms with E-state index in [4.69, 9.17) is 11.6 Å². The van der Waals surface area contributed by atoms with Crippen molar-refractivity contribution in [3.8, 4) is 0 Å². The van der Waals surface area contributed by atoms with Crippen LogP contribution in [0.4, 0.5) is 0 Å². The number of amides is 1. The van der Waals surface area contributed by atoms with Gasteiger partial charge in [0.25, 0.3) is 0 Å². The lowest BCUT2D eigenvalue weighted by Crippen LogP contribution is -2.45. The summed E-state index contributed by atoms with van der Waals surface area (Å²) in [6.45, 7) is 6.87. The Kier molecular flexibility index (Phi) is 6.71. The summed E-state index contributed by atoms with van der Waals surface area (Å²) in [4.78, 5) is 18.3. The number of nitrogens with zero attached hydrogens (tertiary/aromatic N) is 2. The van der Waals surface area contributed by atoms with Gasteiger partial charge in [0.1, 0.15) is 0 Å². The molecule has 0 bridgehead atoms. The molecule has 1 aliphatic rings. The lowest BCUT2D eigenvalue weighted by Gasteiger charge is -2.18. The van der Waals surface area contributed by atoms with E-state index in [-0.39, 0.29) is 11.9 Å². The first-order valence-electron chi connectivity index (χ1n) is 8.19. The van der Waals surface area contributed by atoms with Crippen molar-refractivity contribution in [3.05, 3.63) is 34.9 Å². The highest BCUT2D eigenvalue weighted by Gasteiger charge is 2.25. The highest BCUT2D eigenvalue weighted by molar-refractivity contribution is 6.30. The summed E-state index contributed by atoms with van der Waals surface area (Å²) in [6.07, 6.45) is 1.52. The molecule has 1 aromatic rings. The summed E-state index contributed by atoms with van der Waals surface area (Å²) in [7, 11) is 0. The second kappa shape index (κ2) is 8.77. The van der Waals surface area contributed by atoms with Gasteiger partial charge in [-0.1, -0.05) is 30.7 Å². The molecule has 5 nitrogen and oxygen atoms in total. The molecule has 0 aromatic heterocycles. The fraction of sp³-hybridized carbons (Fsp3) is 0.529. The number of benzene rings is 1. The molecule has 1 unspecified atom stereocenters. The normalized spacial score (nSPS) is 18.1. The SMILES string of the molecule is CCNC(=NCc1cccc(Cl)c1)NC1CCN(C(=O)CC)C1. The van der Waals surface area contributed by atoms with Crippen molar-refractivity contribution in [2.45, 2.75) is 39.3 Å². The molecule has 1 aliphatic heterocycles. The highest BCUT2D eigenvalue weighted by atomic mass is 35.5. The van der Waals surface area contributed by atoms with E-state index in [0.717, 1.165) is 42.6 Å². The summed E-state index contributed by atoms with van der Waals surface area (Å²) in [5.41, 5.74) is 1.07. The van der Waals surface area contributed by atoms with Crippen LogP contribution in [-0.2, 0) is 11.3 Å². The van der Waals surface area contributed by atoms with Crippen LogP contribution in [0.15, 0.2) is 29.3 Å². The first kappa shape index (κ1) is 17.6. The number of rotatable bonds is 5. The number of hydrogen-bond donors (Lipinski definition) is 2. The topological polar surface area (TPSA) is 56.7 Å². The average Bonchev–Trinajstić information content (AvgIpc) is 3.01. The number of carbonyl (C=O) groups is 1. The van der Waals surface area contributed by atoms with E-state index < -0.39 is 0 Å². The molecule has 6 heteroatoms. The molecule has 1 saturated heterocycles. The number of guanidine groups is 1. The Hall–Kier alpha value is -1.75. The third-order valence-electron chi connectivity index (χ3n) is 3.84. The summed E-state index contributed by atoms with van der Waals surface area (Å²) >= 11 is 6.00. The van der Waals surface area contributed by atoms with Gasteiger partial charge in [0.05, 0.1) is 6.54 Å². The molecule has 0 saturated carbocycles. The monoisotopic (exact) mass is 336 g/mol. The van der Waals surface area contributed by atoms with Crippen LogP contribution in [0.5, 0.6) is 0 Å². The zero-order valence-electron chi connectivity index (χ0n) is 13.8. The predicted octanol–water partition coefficient (Wildman–Crippen LogP) is 2.41. The number of nitrogens with one attached hydrogen (secondary N) is 2. The predicted molar refractivity (Wildman–Crippen MR) is 94.7 cm³/mol. The summed E-state index contributed by atoms with van der Waals surface area (Å²) in [6, 6.07) is 7.97. The molecule has 1 amide bonds. The maximum Gasteiger partial charge on any atom is 0.222 e. The van der Waals surface area contributed by atoms with Crippen LogP contribution >= 0.6 is 11.6 Å². The first-order chi connectivity index (χ1) is 11.1. The van der Waals surface area contributed by atoms with Crippen LogP contribution in [0.2, 0.25) is 5.02 Å². The summed E-state index contributed by atoms with van der Waals surface area (Å²) in [5.74, 6) is 0.999. The molecular formula is C17H25ClN4O. The number of likely N-dealkylation sites (tertiary alicyclic amines) is 1. The van der Waals surface area contributed by atoms with Gasteiger partial charge in [0.2, 0.25) is 5.91 Å². The van der Waals surface area contributed by atoms with E-state index in [9.17, 15) is 4.79 Å². The van der Waals surface area contributed by atoms with Crippen molar-refractivity contribution in [1.29, 1.82) is 0 Å². The van der Waals surface area contributed by atoms with Gasteiger partial charge >= 0.3 is 0 Å². The van der Waals surface area contributed by atoms with Crippen molar-refractivity contribution in [2.75, 3.05) is 19.6 Å². The molecule has 1 heterocycles. The lowest BCUT2D eigenvalue weighted by molar-refractivity contribution is -0.129. The van der Waals surface area contributed by atoms with Crippen LogP contribution in [0.25, 0.3) is 0 Å². The molecule has 0 spiro atoms. The Morgan fingerprint density at radius 1 is 1.43 bits per heavy atom. The van der Waals surface area contributed by atoms with Crippen molar-refractivity contribution in [3.63, 3.8) is 0 Å². The average molecular weight is 337 g/mol. The Morgan fingerprint density at radius 2 is 2.26 bits per heavy atom. The fourth-order valence-corrected chi connectivity index (χ4v) is 2.86. The minimum Gasteiger partial charge on any atom is -0.357 e. The zero-order chi connectivity index (χ0) is 16.7. The molecule has 126 valence electrons. The maximum atomic E-state index is 11.8. The molecule has 0 radical (unpaired) electrons. The van der Waals surface area contributed by atoms with Crippen molar-refractivity contribution in [2.24, 2.45) is 4.99 Å². The molecular weight excluding hydrogens is 312 g/mol. The van der Waals surface area contributed by atoms with Gasteiger partial charge in [0.15, 0.2) is 5.96 Å². The van der Waals surface area contributed by atoms with Gasteiger partial charge < -0.3 is 15.5 Å². The van der Waals surface area contributed by atoms with Gasteiger partial charge in [-0.25, -0.2) is 4.99 Å². The number of aliphatic imine (C=N–C) groups is 1. The van der Waals surface area contributed by atoms with E-state index in [1.807, 2.05) is 43.0 Å². The van der Waals surface area contributed by atoms with Crippen molar-refractivity contribution < 1.29 is 4.79 Å². The van der Waals surface area contributed by atoms with Crippen molar-refractivity contribution >= 4 is 23.5 Å². The summed E-state index contributed by atoms with van der Waals surface area (Å²) < 4.78 is 0. The Morgan fingerprint density at radius 3 is 2.96 bits per heavy atom. The van der Waals surface area contributed by atoms with Crippen LogP contribution in [0.1, 0.15) is 32.3 Å². The van der Waals surface area contributed by atoms with Crippen LogP contribution in [0.3, 0.4) is 0 Å². The molecule has 1 aromatic carbocycles. The van der Waals surface area contributed by atoms with Gasteiger partial charge in [-0.3, -0.25) is 4.79 Å². The maximum absolute atomic E-state index is 11.8. The molecule has 23 heavy (non-hydrogen) atoms.